The Balaban J connectivity index is 2.02. The molecule has 1 atom stereocenters. The number of rotatable bonds is 17. The third-order valence-electron chi connectivity index (χ3n) is 5.18. The predicted molar refractivity (Wildman–Crippen MR) is 102 cm³/mol. The number of carbonyl (C=O) groups excluding carboxylic acids is 1. The summed E-state index contributed by atoms with van der Waals surface area (Å²) in [6.45, 7) is 3.99. The topological polar surface area (TPSA) is 38.3 Å². The van der Waals surface area contributed by atoms with Gasteiger partial charge in [-0.2, -0.15) is 0 Å². The largest absolute Gasteiger partial charge is 0.465 e. The average molecular weight is 340 g/mol. The van der Waals surface area contributed by atoms with E-state index in [1.807, 2.05) is 7.05 Å². The molecule has 142 valence electrons. The third-order valence-corrected chi connectivity index (χ3v) is 5.18. The van der Waals surface area contributed by atoms with Crippen molar-refractivity contribution in [2.45, 2.75) is 96.8 Å². The molecule has 1 aliphatic rings. The smallest absolute Gasteiger partial charge is 0.309 e. The highest BCUT2D eigenvalue weighted by atomic mass is 16.5. The lowest BCUT2D eigenvalue weighted by Crippen LogP contribution is -2.20. The molecule has 0 aromatic heterocycles. The molecule has 1 N–H and O–H groups in total. The van der Waals surface area contributed by atoms with E-state index in [0.29, 0.717) is 12.5 Å². The first kappa shape index (κ1) is 21.5. The van der Waals surface area contributed by atoms with Crippen molar-refractivity contribution in [2.75, 3.05) is 20.2 Å². The number of esters is 1. The summed E-state index contributed by atoms with van der Waals surface area (Å²) < 4.78 is 5.58. The van der Waals surface area contributed by atoms with Crippen LogP contribution in [0.15, 0.2) is 0 Å². The molecule has 0 aromatic carbocycles. The van der Waals surface area contributed by atoms with Gasteiger partial charge >= 0.3 is 5.97 Å². The first-order valence-corrected chi connectivity index (χ1v) is 10.6. The molecule has 0 spiro atoms. The van der Waals surface area contributed by atoms with Crippen LogP contribution in [0.5, 0.6) is 0 Å². The van der Waals surface area contributed by atoms with Gasteiger partial charge in [0.15, 0.2) is 0 Å². The normalized spacial score (nSPS) is 15.4. The Bertz CT molecular complexity index is 302. The van der Waals surface area contributed by atoms with Crippen molar-refractivity contribution >= 4 is 5.97 Å². The van der Waals surface area contributed by atoms with Crippen LogP contribution in [0.25, 0.3) is 0 Å². The Morgan fingerprint density at radius 1 is 0.958 bits per heavy atom. The number of nitrogens with one attached hydrogen (secondary N) is 1. The van der Waals surface area contributed by atoms with E-state index < -0.39 is 0 Å². The van der Waals surface area contributed by atoms with Gasteiger partial charge in [-0.15, -0.1) is 0 Å². The summed E-state index contributed by atoms with van der Waals surface area (Å²) in [4.78, 5) is 12.3. The maximum Gasteiger partial charge on any atom is 0.309 e. The second kappa shape index (κ2) is 14.7. The highest BCUT2D eigenvalue weighted by Gasteiger charge is 2.36. The minimum Gasteiger partial charge on any atom is -0.465 e. The molecule has 0 saturated heterocycles. The molecule has 1 saturated carbocycles. The second-order valence-corrected chi connectivity index (χ2v) is 7.54. The molecular formula is C21H41NO2. The summed E-state index contributed by atoms with van der Waals surface area (Å²) in [5.74, 6) is 0.933. The molecule has 3 heteroatoms. The van der Waals surface area contributed by atoms with E-state index in [-0.39, 0.29) is 11.9 Å². The molecule has 0 heterocycles. The van der Waals surface area contributed by atoms with E-state index in [2.05, 4.69) is 12.2 Å². The van der Waals surface area contributed by atoms with Crippen LogP contribution in [0.4, 0.5) is 0 Å². The summed E-state index contributed by atoms with van der Waals surface area (Å²) in [6, 6.07) is 0. The van der Waals surface area contributed by atoms with Crippen LogP contribution in [0.1, 0.15) is 96.8 Å². The van der Waals surface area contributed by atoms with Crippen LogP contribution in [0, 0.1) is 11.8 Å². The van der Waals surface area contributed by atoms with Crippen LogP contribution in [-0.4, -0.2) is 26.2 Å². The SMILES string of the molecule is CCCCCCCCC(C(=O)OCCCCCCCNC)C1CC1. The highest BCUT2D eigenvalue weighted by molar-refractivity contribution is 5.73. The Hall–Kier alpha value is -0.570. The Morgan fingerprint density at radius 2 is 1.58 bits per heavy atom. The van der Waals surface area contributed by atoms with Gasteiger partial charge in [0.25, 0.3) is 0 Å². The fourth-order valence-electron chi connectivity index (χ4n) is 3.40. The van der Waals surface area contributed by atoms with Gasteiger partial charge in [0.05, 0.1) is 12.5 Å². The van der Waals surface area contributed by atoms with Gasteiger partial charge in [-0.3, -0.25) is 4.79 Å². The molecule has 0 amide bonds. The zero-order valence-corrected chi connectivity index (χ0v) is 16.3. The van der Waals surface area contributed by atoms with Crippen LogP contribution in [0.2, 0.25) is 0 Å². The van der Waals surface area contributed by atoms with E-state index >= 15 is 0 Å². The lowest BCUT2D eigenvalue weighted by molar-refractivity contribution is -0.149. The molecule has 0 aromatic rings. The van der Waals surface area contributed by atoms with Crippen molar-refractivity contribution in [3.8, 4) is 0 Å². The van der Waals surface area contributed by atoms with Gasteiger partial charge in [0.2, 0.25) is 0 Å². The van der Waals surface area contributed by atoms with Crippen molar-refractivity contribution in [3.63, 3.8) is 0 Å². The molecule has 0 bridgehead atoms. The number of unbranched alkanes of at least 4 members (excludes halogenated alkanes) is 9. The number of carbonyl (C=O) groups is 1. The van der Waals surface area contributed by atoms with Crippen molar-refractivity contribution in [2.24, 2.45) is 11.8 Å². The van der Waals surface area contributed by atoms with Crippen molar-refractivity contribution in [1.82, 2.24) is 5.32 Å². The quantitative estimate of drug-likeness (QED) is 0.282. The molecule has 0 aliphatic heterocycles. The highest BCUT2D eigenvalue weighted by Crippen LogP contribution is 2.40. The van der Waals surface area contributed by atoms with E-state index in [0.717, 1.165) is 19.4 Å². The Morgan fingerprint density at radius 3 is 2.25 bits per heavy atom. The van der Waals surface area contributed by atoms with Crippen LogP contribution >= 0.6 is 0 Å². The fourth-order valence-corrected chi connectivity index (χ4v) is 3.40. The van der Waals surface area contributed by atoms with Crippen molar-refractivity contribution in [3.05, 3.63) is 0 Å². The number of hydrogen-bond donors (Lipinski definition) is 1. The summed E-state index contributed by atoms with van der Waals surface area (Å²) >= 11 is 0. The second-order valence-electron chi connectivity index (χ2n) is 7.54. The molecule has 1 rings (SSSR count). The molecule has 1 aliphatic carbocycles. The summed E-state index contributed by atoms with van der Waals surface area (Å²) in [5, 5.41) is 3.18. The molecule has 0 radical (unpaired) electrons. The molecule has 3 nitrogen and oxygen atoms in total. The Labute approximate surface area is 150 Å². The van der Waals surface area contributed by atoms with E-state index in [4.69, 9.17) is 4.74 Å². The third kappa shape index (κ3) is 11.1. The molecule has 24 heavy (non-hydrogen) atoms. The maximum absolute atomic E-state index is 12.3. The first-order chi connectivity index (χ1) is 11.8. The monoisotopic (exact) mass is 339 g/mol. The van der Waals surface area contributed by atoms with E-state index in [1.165, 1.54) is 77.0 Å². The van der Waals surface area contributed by atoms with Crippen LogP contribution in [-0.2, 0) is 9.53 Å². The lowest BCUT2D eigenvalue weighted by atomic mass is 9.96. The summed E-state index contributed by atoms with van der Waals surface area (Å²) in [7, 11) is 2.00. The predicted octanol–water partition coefficient (Wildman–Crippen LogP) is 5.48. The lowest BCUT2D eigenvalue weighted by Gasteiger charge is -2.15. The fraction of sp³-hybridized carbons (Fsp3) is 0.952. The maximum atomic E-state index is 12.3. The average Bonchev–Trinajstić information content (AvgIpc) is 3.41. The number of ether oxygens (including phenoxy) is 1. The van der Waals surface area contributed by atoms with Gasteiger partial charge in [0, 0.05) is 0 Å². The van der Waals surface area contributed by atoms with Crippen LogP contribution in [0.3, 0.4) is 0 Å². The van der Waals surface area contributed by atoms with Gasteiger partial charge in [-0.05, 0) is 51.6 Å². The zero-order valence-electron chi connectivity index (χ0n) is 16.3. The van der Waals surface area contributed by atoms with Gasteiger partial charge < -0.3 is 10.1 Å². The van der Waals surface area contributed by atoms with E-state index in [9.17, 15) is 4.79 Å². The minimum absolute atomic E-state index is 0.0984. The Kier molecular flexibility index (Phi) is 13.2. The standard InChI is InChI=1S/C21H41NO2/c1-3-4-5-6-8-11-14-20(19-15-16-19)21(23)24-18-13-10-7-9-12-17-22-2/h19-20,22H,3-18H2,1-2H3. The summed E-state index contributed by atoms with van der Waals surface area (Å²) in [5.41, 5.74) is 0. The number of hydrogen-bond acceptors (Lipinski definition) is 3. The summed E-state index contributed by atoms with van der Waals surface area (Å²) in [6.07, 6.45) is 17.3. The van der Waals surface area contributed by atoms with Gasteiger partial charge in [-0.25, -0.2) is 0 Å². The van der Waals surface area contributed by atoms with Gasteiger partial charge in [0.1, 0.15) is 0 Å². The van der Waals surface area contributed by atoms with E-state index in [1.54, 1.807) is 0 Å². The molecule has 1 fully saturated rings. The first-order valence-electron chi connectivity index (χ1n) is 10.6. The minimum atomic E-state index is 0.0984. The zero-order chi connectivity index (χ0) is 17.5. The molecular weight excluding hydrogens is 298 g/mol. The van der Waals surface area contributed by atoms with Crippen molar-refractivity contribution in [1.29, 1.82) is 0 Å². The van der Waals surface area contributed by atoms with Gasteiger partial charge in [-0.1, -0.05) is 64.7 Å². The van der Waals surface area contributed by atoms with Crippen LogP contribution < -0.4 is 5.32 Å². The van der Waals surface area contributed by atoms with Crippen molar-refractivity contribution < 1.29 is 9.53 Å². The molecule has 1 unspecified atom stereocenters.